The number of halogens is 6. The molecule has 0 fully saturated rings. The standard InChI is InChI=1S/C16H10F6N4O/c17-15(18,19)7-25-14-24-6-9-5-23-13(27)11(12(9)26-14)8-1-3-10(4-2-8)16(20,21)22/h1-6H,7H2,(H,23,27)(H,24,25,26). The summed E-state index contributed by atoms with van der Waals surface area (Å²) in [7, 11) is 0. The van der Waals surface area contributed by atoms with Crippen LogP contribution in [0.5, 0.6) is 0 Å². The highest BCUT2D eigenvalue weighted by atomic mass is 19.4. The summed E-state index contributed by atoms with van der Waals surface area (Å²) in [6, 6.07) is 3.80. The van der Waals surface area contributed by atoms with Gasteiger partial charge in [0.2, 0.25) is 5.95 Å². The van der Waals surface area contributed by atoms with Crippen molar-refractivity contribution in [1.82, 2.24) is 15.0 Å². The largest absolute Gasteiger partial charge is 0.416 e. The van der Waals surface area contributed by atoms with Crippen molar-refractivity contribution in [2.24, 2.45) is 0 Å². The molecular weight excluding hydrogens is 378 g/mol. The van der Waals surface area contributed by atoms with E-state index in [9.17, 15) is 31.1 Å². The van der Waals surface area contributed by atoms with E-state index in [1.54, 1.807) is 0 Å². The molecule has 0 aliphatic rings. The van der Waals surface area contributed by atoms with E-state index in [-0.39, 0.29) is 22.6 Å². The van der Waals surface area contributed by atoms with Gasteiger partial charge in [0.25, 0.3) is 5.56 Å². The third-order valence-corrected chi connectivity index (χ3v) is 3.59. The fourth-order valence-electron chi connectivity index (χ4n) is 2.38. The van der Waals surface area contributed by atoms with Crippen LogP contribution in [0.1, 0.15) is 5.56 Å². The van der Waals surface area contributed by atoms with Crippen molar-refractivity contribution in [3.63, 3.8) is 0 Å². The number of alkyl halides is 6. The summed E-state index contributed by atoms with van der Waals surface area (Å²) in [6.07, 6.45) is -6.58. The fraction of sp³-hybridized carbons (Fsp3) is 0.188. The molecule has 0 unspecified atom stereocenters. The molecule has 3 rings (SSSR count). The number of fused-ring (bicyclic) bond motifs is 1. The first-order chi connectivity index (χ1) is 12.5. The Kier molecular flexibility index (Phi) is 4.54. The van der Waals surface area contributed by atoms with E-state index in [1.807, 2.05) is 5.32 Å². The van der Waals surface area contributed by atoms with Crippen LogP contribution >= 0.6 is 0 Å². The van der Waals surface area contributed by atoms with Crippen LogP contribution in [0.15, 0.2) is 41.5 Å². The Balaban J connectivity index is 2.08. The van der Waals surface area contributed by atoms with Gasteiger partial charge in [-0.15, -0.1) is 0 Å². The number of hydrogen-bond donors (Lipinski definition) is 2. The maximum absolute atomic E-state index is 12.7. The smallest absolute Gasteiger partial charge is 0.345 e. The van der Waals surface area contributed by atoms with Gasteiger partial charge in [0.05, 0.1) is 16.6 Å². The highest BCUT2D eigenvalue weighted by molar-refractivity contribution is 5.92. The summed E-state index contributed by atoms with van der Waals surface area (Å²) in [5, 5.41) is 2.30. The molecule has 0 bridgehead atoms. The summed E-state index contributed by atoms with van der Waals surface area (Å²) < 4.78 is 75.1. The number of nitrogens with one attached hydrogen (secondary N) is 2. The Bertz CT molecular complexity index is 1020. The van der Waals surface area contributed by atoms with E-state index in [4.69, 9.17) is 0 Å². The molecule has 2 heterocycles. The number of aromatic nitrogens is 3. The maximum atomic E-state index is 12.7. The fourth-order valence-corrected chi connectivity index (χ4v) is 2.38. The zero-order chi connectivity index (χ0) is 19.8. The predicted molar refractivity (Wildman–Crippen MR) is 85.1 cm³/mol. The summed E-state index contributed by atoms with van der Waals surface area (Å²) in [6.45, 7) is -1.38. The lowest BCUT2D eigenvalue weighted by atomic mass is 10.0. The number of H-pyrrole nitrogens is 1. The van der Waals surface area contributed by atoms with E-state index >= 15 is 0 Å². The summed E-state index contributed by atoms with van der Waals surface area (Å²) >= 11 is 0. The minimum atomic E-state index is -4.54. The maximum Gasteiger partial charge on any atom is 0.416 e. The number of anilines is 1. The van der Waals surface area contributed by atoms with Gasteiger partial charge in [-0.1, -0.05) is 12.1 Å². The minimum Gasteiger partial charge on any atom is -0.345 e. The molecule has 0 atom stereocenters. The monoisotopic (exact) mass is 388 g/mol. The third kappa shape index (κ3) is 4.18. The van der Waals surface area contributed by atoms with Crippen LogP contribution in [0, 0.1) is 0 Å². The van der Waals surface area contributed by atoms with E-state index in [0.717, 1.165) is 24.3 Å². The lowest BCUT2D eigenvalue weighted by Gasteiger charge is -2.11. The van der Waals surface area contributed by atoms with Crippen molar-refractivity contribution in [2.45, 2.75) is 12.4 Å². The first-order valence-electron chi connectivity index (χ1n) is 7.41. The van der Waals surface area contributed by atoms with Gasteiger partial charge in [-0.2, -0.15) is 26.3 Å². The van der Waals surface area contributed by atoms with E-state index < -0.39 is 30.0 Å². The van der Waals surface area contributed by atoms with E-state index in [2.05, 4.69) is 15.0 Å². The lowest BCUT2D eigenvalue weighted by molar-refractivity contribution is -0.137. The number of benzene rings is 1. The van der Waals surface area contributed by atoms with Gasteiger partial charge in [-0.25, -0.2) is 9.97 Å². The van der Waals surface area contributed by atoms with E-state index in [1.165, 1.54) is 12.4 Å². The van der Waals surface area contributed by atoms with E-state index in [0.29, 0.717) is 5.39 Å². The van der Waals surface area contributed by atoms with Crippen LogP contribution in [0.25, 0.3) is 22.0 Å². The van der Waals surface area contributed by atoms with Gasteiger partial charge in [-0.05, 0) is 17.7 Å². The zero-order valence-corrected chi connectivity index (χ0v) is 13.2. The highest BCUT2D eigenvalue weighted by Gasteiger charge is 2.30. The SMILES string of the molecule is O=c1[nH]cc2cnc(NCC(F)(F)F)nc2c1-c1ccc(C(F)(F)F)cc1. The van der Waals surface area contributed by atoms with Crippen molar-refractivity contribution in [3.8, 4) is 11.1 Å². The first-order valence-corrected chi connectivity index (χ1v) is 7.41. The molecule has 0 saturated carbocycles. The number of rotatable bonds is 3. The second-order valence-electron chi connectivity index (χ2n) is 5.53. The molecule has 0 aliphatic carbocycles. The third-order valence-electron chi connectivity index (χ3n) is 3.59. The molecule has 1 aromatic carbocycles. The molecule has 3 aromatic rings. The Morgan fingerprint density at radius 1 is 1.04 bits per heavy atom. The first kappa shape index (κ1) is 18.7. The molecule has 142 valence electrons. The molecule has 2 aromatic heterocycles. The highest BCUT2D eigenvalue weighted by Crippen LogP contribution is 2.31. The van der Waals surface area contributed by atoms with Crippen molar-refractivity contribution >= 4 is 16.9 Å². The minimum absolute atomic E-state index is 0.0122. The van der Waals surface area contributed by atoms with Gasteiger partial charge >= 0.3 is 12.4 Å². The van der Waals surface area contributed by atoms with Crippen LogP contribution in [-0.4, -0.2) is 27.7 Å². The summed E-state index contributed by atoms with van der Waals surface area (Å²) in [5.74, 6) is -0.362. The average molecular weight is 388 g/mol. The second-order valence-corrected chi connectivity index (χ2v) is 5.53. The molecule has 27 heavy (non-hydrogen) atoms. The summed E-state index contributed by atoms with van der Waals surface area (Å²) in [4.78, 5) is 22.3. The lowest BCUT2D eigenvalue weighted by Crippen LogP contribution is -2.22. The Hall–Kier alpha value is -3.11. The zero-order valence-electron chi connectivity index (χ0n) is 13.2. The molecule has 0 amide bonds. The van der Waals surface area contributed by atoms with Crippen molar-refractivity contribution in [2.75, 3.05) is 11.9 Å². The molecule has 0 saturated heterocycles. The molecule has 5 nitrogen and oxygen atoms in total. The van der Waals surface area contributed by atoms with Gasteiger partial charge < -0.3 is 10.3 Å². The number of hydrogen-bond acceptors (Lipinski definition) is 4. The van der Waals surface area contributed by atoms with Crippen LogP contribution in [0.3, 0.4) is 0 Å². The van der Waals surface area contributed by atoms with Crippen LogP contribution in [0.2, 0.25) is 0 Å². The molecular formula is C16H10F6N4O. The molecule has 2 N–H and O–H groups in total. The topological polar surface area (TPSA) is 70.7 Å². The molecule has 0 radical (unpaired) electrons. The number of pyridine rings is 1. The van der Waals surface area contributed by atoms with Crippen LogP contribution in [-0.2, 0) is 6.18 Å². The Morgan fingerprint density at radius 3 is 2.30 bits per heavy atom. The Morgan fingerprint density at radius 2 is 1.70 bits per heavy atom. The summed E-state index contributed by atoms with van der Waals surface area (Å²) in [5.41, 5.74) is -1.47. The van der Waals surface area contributed by atoms with Gasteiger partial charge in [0, 0.05) is 17.8 Å². The Labute approximate surface area is 147 Å². The molecule has 11 heteroatoms. The van der Waals surface area contributed by atoms with Gasteiger partial charge in [0.15, 0.2) is 0 Å². The molecule has 0 aliphatic heterocycles. The average Bonchev–Trinajstić information content (AvgIpc) is 2.58. The van der Waals surface area contributed by atoms with Crippen molar-refractivity contribution in [3.05, 3.63) is 52.6 Å². The normalized spacial score (nSPS) is 12.4. The van der Waals surface area contributed by atoms with Crippen molar-refractivity contribution in [1.29, 1.82) is 0 Å². The molecule has 0 spiro atoms. The van der Waals surface area contributed by atoms with Crippen LogP contribution < -0.4 is 10.9 Å². The van der Waals surface area contributed by atoms with Gasteiger partial charge in [0.1, 0.15) is 6.54 Å². The number of nitrogens with zero attached hydrogens (tertiary/aromatic N) is 2. The van der Waals surface area contributed by atoms with Gasteiger partial charge in [-0.3, -0.25) is 4.79 Å². The number of aromatic amines is 1. The predicted octanol–water partition coefficient (Wildman–Crippen LogP) is 3.98. The van der Waals surface area contributed by atoms with Crippen molar-refractivity contribution < 1.29 is 26.3 Å². The quantitative estimate of drug-likeness (QED) is 0.666. The van der Waals surface area contributed by atoms with Crippen LogP contribution in [0.4, 0.5) is 32.3 Å². The second kappa shape index (κ2) is 6.56.